The zero-order valence-corrected chi connectivity index (χ0v) is 13.7. The SMILES string of the molecule is C=C(C)[C@]1(C)CC(c2ccccc2O)=Nc2c(O)ccc(C)c21. The first kappa shape index (κ1) is 15.3. The predicted octanol–water partition coefficient (Wildman–Crippen LogP) is 4.76. The summed E-state index contributed by atoms with van der Waals surface area (Å²) in [5.41, 5.74) is 4.83. The first-order chi connectivity index (χ1) is 10.8. The highest BCUT2D eigenvalue weighted by Gasteiger charge is 2.38. The molecule has 0 saturated heterocycles. The van der Waals surface area contributed by atoms with Crippen molar-refractivity contribution in [3.05, 3.63) is 65.2 Å². The number of phenols is 2. The highest BCUT2D eigenvalue weighted by Crippen LogP contribution is 2.49. The van der Waals surface area contributed by atoms with Gasteiger partial charge in [0.2, 0.25) is 0 Å². The molecule has 1 aliphatic heterocycles. The summed E-state index contributed by atoms with van der Waals surface area (Å²) in [7, 11) is 0. The largest absolute Gasteiger partial charge is 0.507 e. The van der Waals surface area contributed by atoms with Crippen molar-refractivity contribution in [3.8, 4) is 11.5 Å². The van der Waals surface area contributed by atoms with Crippen LogP contribution in [0.25, 0.3) is 0 Å². The average molecular weight is 307 g/mol. The van der Waals surface area contributed by atoms with Crippen molar-refractivity contribution in [1.29, 1.82) is 0 Å². The van der Waals surface area contributed by atoms with Gasteiger partial charge in [-0.2, -0.15) is 0 Å². The number of aryl methyl sites for hydroxylation is 1. The van der Waals surface area contributed by atoms with E-state index in [9.17, 15) is 10.2 Å². The van der Waals surface area contributed by atoms with Crippen LogP contribution in [0.5, 0.6) is 11.5 Å². The normalized spacial score (nSPS) is 19.9. The van der Waals surface area contributed by atoms with Gasteiger partial charge in [0.25, 0.3) is 0 Å². The maximum Gasteiger partial charge on any atom is 0.141 e. The lowest BCUT2D eigenvalue weighted by molar-refractivity contribution is 0.468. The number of hydrogen-bond donors (Lipinski definition) is 2. The minimum atomic E-state index is -0.336. The van der Waals surface area contributed by atoms with Gasteiger partial charge in [-0.05, 0) is 43.2 Å². The molecule has 2 aromatic carbocycles. The number of para-hydroxylation sites is 1. The maximum absolute atomic E-state index is 10.3. The standard InChI is InChI=1S/C20H21NO2/c1-12(2)20(4)11-15(14-7-5-6-8-16(14)22)21-19-17(23)10-9-13(3)18(19)20/h5-10,22-23H,1,11H2,2-4H3/t20-/m0/s1. The molecule has 0 radical (unpaired) electrons. The Morgan fingerprint density at radius 1 is 1.13 bits per heavy atom. The Labute approximate surface area is 136 Å². The topological polar surface area (TPSA) is 52.8 Å². The van der Waals surface area contributed by atoms with E-state index in [-0.39, 0.29) is 16.9 Å². The Hall–Kier alpha value is -2.55. The molecule has 2 N–H and O–H groups in total. The quantitative estimate of drug-likeness (QED) is 0.786. The van der Waals surface area contributed by atoms with Gasteiger partial charge in [0.15, 0.2) is 0 Å². The van der Waals surface area contributed by atoms with Gasteiger partial charge in [0, 0.05) is 17.4 Å². The number of rotatable bonds is 2. The molecule has 0 spiro atoms. The molecule has 0 unspecified atom stereocenters. The third-order valence-electron chi connectivity index (χ3n) is 4.84. The molecule has 0 amide bonds. The molecule has 3 heteroatoms. The van der Waals surface area contributed by atoms with E-state index in [0.717, 1.165) is 22.4 Å². The van der Waals surface area contributed by atoms with Gasteiger partial charge in [0.1, 0.15) is 17.2 Å². The van der Waals surface area contributed by atoms with Gasteiger partial charge >= 0.3 is 0 Å². The third kappa shape index (κ3) is 2.33. The Morgan fingerprint density at radius 2 is 1.83 bits per heavy atom. The molecule has 23 heavy (non-hydrogen) atoms. The Balaban J connectivity index is 2.31. The second-order valence-electron chi connectivity index (χ2n) is 6.49. The molecule has 3 nitrogen and oxygen atoms in total. The number of allylic oxidation sites excluding steroid dienone is 1. The number of phenolic OH excluding ortho intramolecular Hbond substituents is 2. The van der Waals surface area contributed by atoms with E-state index < -0.39 is 0 Å². The van der Waals surface area contributed by atoms with Gasteiger partial charge in [-0.3, -0.25) is 0 Å². The number of nitrogens with zero attached hydrogens (tertiary/aromatic N) is 1. The number of aromatic hydroxyl groups is 2. The zero-order valence-electron chi connectivity index (χ0n) is 13.7. The van der Waals surface area contributed by atoms with Crippen LogP contribution in [0.2, 0.25) is 0 Å². The van der Waals surface area contributed by atoms with Crippen molar-refractivity contribution in [2.75, 3.05) is 0 Å². The van der Waals surface area contributed by atoms with Crippen LogP contribution in [0.1, 0.15) is 37.0 Å². The zero-order chi connectivity index (χ0) is 16.8. The average Bonchev–Trinajstić information content (AvgIpc) is 2.51. The minimum absolute atomic E-state index is 0.158. The van der Waals surface area contributed by atoms with Crippen molar-refractivity contribution in [3.63, 3.8) is 0 Å². The van der Waals surface area contributed by atoms with Crippen molar-refractivity contribution >= 4 is 11.4 Å². The van der Waals surface area contributed by atoms with Crippen molar-refractivity contribution in [2.45, 2.75) is 32.6 Å². The summed E-state index contributed by atoms with van der Waals surface area (Å²) in [6, 6.07) is 10.8. The van der Waals surface area contributed by atoms with Crippen molar-refractivity contribution in [2.24, 2.45) is 4.99 Å². The highest BCUT2D eigenvalue weighted by atomic mass is 16.3. The second-order valence-corrected chi connectivity index (χ2v) is 6.49. The molecule has 0 saturated carbocycles. The molecule has 0 fully saturated rings. The fourth-order valence-corrected chi connectivity index (χ4v) is 3.33. The first-order valence-corrected chi connectivity index (χ1v) is 7.69. The molecule has 1 heterocycles. The number of fused-ring (bicyclic) bond motifs is 1. The highest BCUT2D eigenvalue weighted by molar-refractivity contribution is 6.07. The number of hydrogen-bond acceptors (Lipinski definition) is 3. The van der Waals surface area contributed by atoms with E-state index in [1.54, 1.807) is 18.2 Å². The van der Waals surface area contributed by atoms with E-state index >= 15 is 0 Å². The predicted molar refractivity (Wildman–Crippen MR) is 93.9 cm³/mol. The first-order valence-electron chi connectivity index (χ1n) is 7.69. The fourth-order valence-electron chi connectivity index (χ4n) is 3.33. The van der Waals surface area contributed by atoms with Gasteiger partial charge in [-0.15, -0.1) is 0 Å². The van der Waals surface area contributed by atoms with Crippen LogP contribution in [-0.2, 0) is 5.41 Å². The lowest BCUT2D eigenvalue weighted by atomic mass is 9.68. The van der Waals surface area contributed by atoms with Crippen LogP contribution < -0.4 is 0 Å². The molecule has 0 aliphatic carbocycles. The lowest BCUT2D eigenvalue weighted by Crippen LogP contribution is -2.31. The summed E-state index contributed by atoms with van der Waals surface area (Å²) >= 11 is 0. The van der Waals surface area contributed by atoms with Crippen LogP contribution in [0.15, 0.2) is 53.5 Å². The summed E-state index contributed by atoms with van der Waals surface area (Å²) in [6.07, 6.45) is 0.636. The second kappa shape index (κ2) is 5.27. The number of benzene rings is 2. The summed E-state index contributed by atoms with van der Waals surface area (Å²) < 4.78 is 0. The monoisotopic (exact) mass is 307 g/mol. The minimum Gasteiger partial charge on any atom is -0.507 e. The molecule has 118 valence electrons. The van der Waals surface area contributed by atoms with Crippen LogP contribution in [0.3, 0.4) is 0 Å². The Morgan fingerprint density at radius 3 is 2.48 bits per heavy atom. The molecule has 1 aliphatic rings. The Kier molecular flexibility index (Phi) is 3.52. The summed E-state index contributed by atoms with van der Waals surface area (Å²) in [6.45, 7) is 10.3. The van der Waals surface area contributed by atoms with E-state index in [1.807, 2.05) is 32.0 Å². The molecule has 0 bridgehead atoms. The van der Waals surface area contributed by atoms with Crippen molar-refractivity contribution < 1.29 is 10.2 Å². The molecular formula is C20H21NO2. The van der Waals surface area contributed by atoms with E-state index in [2.05, 4.69) is 18.5 Å². The van der Waals surface area contributed by atoms with Crippen LogP contribution in [-0.4, -0.2) is 15.9 Å². The van der Waals surface area contributed by atoms with Gasteiger partial charge in [-0.25, -0.2) is 4.99 Å². The van der Waals surface area contributed by atoms with E-state index in [4.69, 9.17) is 0 Å². The maximum atomic E-state index is 10.3. The Bertz CT molecular complexity index is 836. The van der Waals surface area contributed by atoms with Gasteiger partial charge < -0.3 is 10.2 Å². The summed E-state index contributed by atoms with van der Waals surface area (Å²) in [5.74, 6) is 0.358. The smallest absolute Gasteiger partial charge is 0.141 e. The lowest BCUT2D eigenvalue weighted by Gasteiger charge is -2.37. The molecule has 0 aromatic heterocycles. The summed E-state index contributed by atoms with van der Waals surface area (Å²) in [5, 5.41) is 20.5. The molecule has 1 atom stereocenters. The van der Waals surface area contributed by atoms with Gasteiger partial charge in [0.05, 0.1) is 5.71 Å². The fraction of sp³-hybridized carbons (Fsp3) is 0.250. The van der Waals surface area contributed by atoms with E-state index in [0.29, 0.717) is 17.7 Å². The molecule has 2 aromatic rings. The third-order valence-corrected chi connectivity index (χ3v) is 4.84. The van der Waals surface area contributed by atoms with Crippen molar-refractivity contribution in [1.82, 2.24) is 0 Å². The molecule has 3 rings (SSSR count). The van der Waals surface area contributed by atoms with Gasteiger partial charge in [-0.1, -0.05) is 37.3 Å². The van der Waals surface area contributed by atoms with Crippen LogP contribution >= 0.6 is 0 Å². The summed E-state index contributed by atoms with van der Waals surface area (Å²) in [4.78, 5) is 4.68. The van der Waals surface area contributed by atoms with E-state index in [1.165, 1.54) is 0 Å². The molecular weight excluding hydrogens is 286 g/mol. The van der Waals surface area contributed by atoms with Crippen LogP contribution in [0.4, 0.5) is 5.69 Å². The number of aliphatic imine (C=N–C) groups is 1. The van der Waals surface area contributed by atoms with Crippen LogP contribution in [0, 0.1) is 6.92 Å².